The van der Waals surface area contributed by atoms with E-state index in [1.165, 1.54) is 23.3 Å². The molecule has 112 valence electrons. The van der Waals surface area contributed by atoms with E-state index in [4.69, 9.17) is 9.47 Å². The molecule has 21 heavy (non-hydrogen) atoms. The molecule has 1 aromatic carbocycles. The SMILES string of the molecule is COc1cc(CNC2CC2)ccc1OCc1cc(Br)cs1. The van der Waals surface area contributed by atoms with Crippen LogP contribution in [0.5, 0.6) is 11.5 Å². The summed E-state index contributed by atoms with van der Waals surface area (Å²) < 4.78 is 12.4. The van der Waals surface area contributed by atoms with Gasteiger partial charge in [0.1, 0.15) is 6.61 Å². The second kappa shape index (κ2) is 6.81. The predicted molar refractivity (Wildman–Crippen MR) is 89.2 cm³/mol. The van der Waals surface area contributed by atoms with Crippen molar-refractivity contribution in [1.29, 1.82) is 0 Å². The summed E-state index contributed by atoms with van der Waals surface area (Å²) in [6, 6.07) is 8.92. The summed E-state index contributed by atoms with van der Waals surface area (Å²) in [6.07, 6.45) is 2.60. The Morgan fingerprint density at radius 1 is 1.29 bits per heavy atom. The van der Waals surface area contributed by atoms with Crippen LogP contribution in [0.1, 0.15) is 23.3 Å². The maximum absolute atomic E-state index is 5.86. The van der Waals surface area contributed by atoms with Crippen LogP contribution in [0.2, 0.25) is 0 Å². The van der Waals surface area contributed by atoms with Gasteiger partial charge in [-0.3, -0.25) is 0 Å². The van der Waals surface area contributed by atoms with Gasteiger partial charge >= 0.3 is 0 Å². The lowest BCUT2D eigenvalue weighted by atomic mass is 10.2. The Kier molecular flexibility index (Phi) is 4.83. The third kappa shape index (κ3) is 4.22. The molecule has 1 aliphatic carbocycles. The molecule has 1 aromatic heterocycles. The van der Waals surface area contributed by atoms with Gasteiger partial charge < -0.3 is 14.8 Å². The average molecular weight is 368 g/mol. The van der Waals surface area contributed by atoms with Crippen LogP contribution in [0.15, 0.2) is 34.1 Å². The third-order valence-electron chi connectivity index (χ3n) is 3.39. The molecule has 5 heteroatoms. The number of thiophene rings is 1. The van der Waals surface area contributed by atoms with Crippen LogP contribution in [0, 0.1) is 0 Å². The van der Waals surface area contributed by atoms with E-state index in [9.17, 15) is 0 Å². The lowest BCUT2D eigenvalue weighted by molar-refractivity contribution is 0.287. The lowest BCUT2D eigenvalue weighted by Crippen LogP contribution is -2.15. The first-order chi connectivity index (χ1) is 10.2. The summed E-state index contributed by atoms with van der Waals surface area (Å²) >= 11 is 5.13. The van der Waals surface area contributed by atoms with Crippen molar-refractivity contribution in [2.75, 3.05) is 7.11 Å². The van der Waals surface area contributed by atoms with E-state index in [-0.39, 0.29) is 0 Å². The van der Waals surface area contributed by atoms with E-state index in [0.717, 1.165) is 22.5 Å². The van der Waals surface area contributed by atoms with Gasteiger partial charge in [0, 0.05) is 27.3 Å². The Morgan fingerprint density at radius 2 is 2.14 bits per heavy atom. The Morgan fingerprint density at radius 3 is 2.81 bits per heavy atom. The molecule has 0 radical (unpaired) electrons. The van der Waals surface area contributed by atoms with Crippen molar-refractivity contribution in [1.82, 2.24) is 5.32 Å². The molecule has 0 atom stereocenters. The largest absolute Gasteiger partial charge is 0.493 e. The molecular weight excluding hydrogens is 350 g/mol. The predicted octanol–water partition coefficient (Wildman–Crippen LogP) is 4.35. The topological polar surface area (TPSA) is 30.5 Å². The van der Waals surface area contributed by atoms with Crippen LogP contribution in [0.3, 0.4) is 0 Å². The highest BCUT2D eigenvalue weighted by molar-refractivity contribution is 9.10. The molecule has 1 N–H and O–H groups in total. The minimum atomic E-state index is 0.562. The van der Waals surface area contributed by atoms with E-state index < -0.39 is 0 Å². The van der Waals surface area contributed by atoms with Crippen LogP contribution in [0.4, 0.5) is 0 Å². The van der Waals surface area contributed by atoms with E-state index in [2.05, 4.69) is 44.8 Å². The van der Waals surface area contributed by atoms with Gasteiger partial charge in [-0.25, -0.2) is 0 Å². The van der Waals surface area contributed by atoms with Gasteiger partial charge in [0.2, 0.25) is 0 Å². The Hall–Kier alpha value is -1.04. The van der Waals surface area contributed by atoms with E-state index in [1.807, 2.05) is 6.07 Å². The Balaban J connectivity index is 1.63. The van der Waals surface area contributed by atoms with Crippen LogP contribution in [-0.4, -0.2) is 13.2 Å². The maximum atomic E-state index is 5.86. The highest BCUT2D eigenvalue weighted by Gasteiger charge is 2.20. The fourth-order valence-corrected chi connectivity index (χ4v) is 3.43. The molecule has 0 bridgehead atoms. The van der Waals surface area contributed by atoms with Crippen molar-refractivity contribution in [2.45, 2.75) is 32.0 Å². The highest BCUT2D eigenvalue weighted by Crippen LogP contribution is 2.30. The quantitative estimate of drug-likeness (QED) is 0.788. The fourth-order valence-electron chi connectivity index (χ4n) is 2.07. The zero-order valence-electron chi connectivity index (χ0n) is 11.9. The number of hydrogen-bond acceptors (Lipinski definition) is 4. The average Bonchev–Trinajstić information content (AvgIpc) is 3.24. The molecule has 0 saturated heterocycles. The van der Waals surface area contributed by atoms with E-state index in [0.29, 0.717) is 12.6 Å². The fraction of sp³-hybridized carbons (Fsp3) is 0.375. The van der Waals surface area contributed by atoms with Crippen molar-refractivity contribution >= 4 is 27.3 Å². The second-order valence-corrected chi connectivity index (χ2v) is 7.07. The molecular formula is C16H18BrNO2S. The molecule has 0 unspecified atom stereocenters. The van der Waals surface area contributed by atoms with Crippen molar-refractivity contribution in [2.24, 2.45) is 0 Å². The minimum Gasteiger partial charge on any atom is -0.493 e. The lowest BCUT2D eigenvalue weighted by Gasteiger charge is -2.12. The summed E-state index contributed by atoms with van der Waals surface area (Å²) in [4.78, 5) is 1.18. The van der Waals surface area contributed by atoms with E-state index in [1.54, 1.807) is 18.4 Å². The van der Waals surface area contributed by atoms with E-state index >= 15 is 0 Å². The summed E-state index contributed by atoms with van der Waals surface area (Å²) in [5.41, 5.74) is 1.23. The maximum Gasteiger partial charge on any atom is 0.161 e. The molecule has 1 saturated carbocycles. The number of nitrogens with one attached hydrogen (secondary N) is 1. The molecule has 1 fully saturated rings. The monoisotopic (exact) mass is 367 g/mol. The summed E-state index contributed by atoms with van der Waals surface area (Å²) in [5, 5.41) is 5.56. The van der Waals surface area contributed by atoms with Gasteiger partial charge in [-0.2, -0.15) is 0 Å². The smallest absolute Gasteiger partial charge is 0.161 e. The zero-order valence-corrected chi connectivity index (χ0v) is 14.3. The molecule has 2 aromatic rings. The Labute approximate surface area is 137 Å². The van der Waals surface area contributed by atoms with Crippen molar-refractivity contribution in [3.8, 4) is 11.5 Å². The normalized spacial score (nSPS) is 14.2. The highest BCUT2D eigenvalue weighted by atomic mass is 79.9. The van der Waals surface area contributed by atoms with Crippen LogP contribution in [-0.2, 0) is 13.2 Å². The third-order valence-corrected chi connectivity index (χ3v) is 5.06. The summed E-state index contributed by atoms with van der Waals surface area (Å²) in [6.45, 7) is 1.45. The van der Waals surface area contributed by atoms with Crippen molar-refractivity contribution < 1.29 is 9.47 Å². The van der Waals surface area contributed by atoms with Gasteiger partial charge in [-0.1, -0.05) is 6.07 Å². The van der Waals surface area contributed by atoms with Crippen molar-refractivity contribution in [3.05, 3.63) is 44.6 Å². The number of benzene rings is 1. The zero-order chi connectivity index (χ0) is 14.7. The molecule has 0 aliphatic heterocycles. The first-order valence-corrected chi connectivity index (χ1v) is 8.68. The van der Waals surface area contributed by atoms with Gasteiger partial charge in [0.25, 0.3) is 0 Å². The first-order valence-electron chi connectivity index (χ1n) is 7.00. The number of ether oxygens (including phenoxy) is 2. The van der Waals surface area contributed by atoms with Crippen molar-refractivity contribution in [3.63, 3.8) is 0 Å². The van der Waals surface area contributed by atoms with Gasteiger partial charge in [-0.05, 0) is 52.5 Å². The van der Waals surface area contributed by atoms with Gasteiger partial charge in [0.05, 0.1) is 7.11 Å². The van der Waals surface area contributed by atoms with Gasteiger partial charge in [0.15, 0.2) is 11.5 Å². The minimum absolute atomic E-state index is 0.562. The van der Waals surface area contributed by atoms with Crippen LogP contribution >= 0.6 is 27.3 Å². The molecule has 0 amide bonds. The van der Waals surface area contributed by atoms with Crippen LogP contribution in [0.25, 0.3) is 0 Å². The molecule has 0 spiro atoms. The second-order valence-electron chi connectivity index (χ2n) is 5.16. The number of hydrogen-bond donors (Lipinski definition) is 1. The number of methoxy groups -OCH3 is 1. The summed E-state index contributed by atoms with van der Waals surface area (Å²) in [5.74, 6) is 1.58. The number of halogens is 1. The number of rotatable bonds is 7. The molecule has 3 nitrogen and oxygen atoms in total. The van der Waals surface area contributed by atoms with Crippen LogP contribution < -0.4 is 14.8 Å². The molecule has 1 heterocycles. The summed E-state index contributed by atoms with van der Waals surface area (Å²) in [7, 11) is 1.68. The standard InChI is InChI=1S/C16H18BrNO2S/c1-19-16-6-11(8-18-13-3-4-13)2-5-15(16)20-9-14-7-12(17)10-21-14/h2,5-7,10,13,18H,3-4,8-9H2,1H3. The van der Waals surface area contributed by atoms with Gasteiger partial charge in [-0.15, -0.1) is 11.3 Å². The molecule has 3 rings (SSSR count). The Bertz CT molecular complexity index is 610. The molecule has 1 aliphatic rings. The first kappa shape index (κ1) is 14.9.